The summed E-state index contributed by atoms with van der Waals surface area (Å²) >= 11 is 0. The Kier molecular flexibility index (Phi) is 4.14. The van der Waals surface area contributed by atoms with Crippen LogP contribution in [0.2, 0.25) is 0 Å². The van der Waals surface area contributed by atoms with Crippen LogP contribution in [-0.4, -0.2) is 16.6 Å². The SMILES string of the molecule is CCC(C)(C)c1nc(OCC2CC2)cc(-c2ccccc2)n1. The average Bonchev–Trinajstić information content (AvgIpc) is 3.38. The van der Waals surface area contributed by atoms with E-state index in [2.05, 4.69) is 37.9 Å². The van der Waals surface area contributed by atoms with Crippen molar-refractivity contribution < 1.29 is 4.74 Å². The van der Waals surface area contributed by atoms with Crippen molar-refractivity contribution in [3.05, 3.63) is 42.2 Å². The highest BCUT2D eigenvalue weighted by Gasteiger charge is 2.25. The van der Waals surface area contributed by atoms with Crippen LogP contribution in [0.25, 0.3) is 11.3 Å². The van der Waals surface area contributed by atoms with Gasteiger partial charge in [0.25, 0.3) is 0 Å². The molecule has 3 nitrogen and oxygen atoms in total. The second kappa shape index (κ2) is 6.07. The Labute approximate surface area is 132 Å². The third-order valence-corrected chi connectivity index (χ3v) is 4.43. The van der Waals surface area contributed by atoms with Crippen molar-refractivity contribution in [3.8, 4) is 17.1 Å². The lowest BCUT2D eigenvalue weighted by atomic mass is 9.89. The van der Waals surface area contributed by atoms with Gasteiger partial charge in [0, 0.05) is 17.0 Å². The summed E-state index contributed by atoms with van der Waals surface area (Å²) in [6.45, 7) is 7.31. The van der Waals surface area contributed by atoms with Gasteiger partial charge in [-0.15, -0.1) is 0 Å². The Morgan fingerprint density at radius 1 is 1.14 bits per heavy atom. The van der Waals surface area contributed by atoms with Gasteiger partial charge < -0.3 is 4.74 Å². The molecule has 0 amide bonds. The van der Waals surface area contributed by atoms with Gasteiger partial charge in [-0.3, -0.25) is 0 Å². The summed E-state index contributed by atoms with van der Waals surface area (Å²) in [4.78, 5) is 9.47. The van der Waals surface area contributed by atoms with Crippen LogP contribution < -0.4 is 4.74 Å². The highest BCUT2D eigenvalue weighted by molar-refractivity contribution is 5.60. The maximum atomic E-state index is 5.92. The molecule has 1 heterocycles. The van der Waals surface area contributed by atoms with Crippen molar-refractivity contribution in [1.82, 2.24) is 9.97 Å². The molecule has 1 aliphatic carbocycles. The van der Waals surface area contributed by atoms with Crippen LogP contribution in [0, 0.1) is 5.92 Å². The zero-order valence-corrected chi connectivity index (χ0v) is 13.7. The number of benzene rings is 1. The lowest BCUT2D eigenvalue weighted by Crippen LogP contribution is -2.20. The summed E-state index contributed by atoms with van der Waals surface area (Å²) in [7, 11) is 0. The van der Waals surface area contributed by atoms with Gasteiger partial charge in [-0.05, 0) is 25.2 Å². The summed E-state index contributed by atoms with van der Waals surface area (Å²) in [5.74, 6) is 2.29. The number of nitrogens with zero attached hydrogens (tertiary/aromatic N) is 2. The van der Waals surface area contributed by atoms with Crippen molar-refractivity contribution in [2.45, 2.75) is 45.4 Å². The van der Waals surface area contributed by atoms with Crippen LogP contribution in [0.1, 0.15) is 45.9 Å². The summed E-state index contributed by atoms with van der Waals surface area (Å²) in [6, 6.07) is 12.2. The zero-order chi connectivity index (χ0) is 15.6. The molecule has 22 heavy (non-hydrogen) atoms. The van der Waals surface area contributed by atoms with E-state index in [4.69, 9.17) is 9.72 Å². The first-order valence-corrected chi connectivity index (χ1v) is 8.16. The number of hydrogen-bond donors (Lipinski definition) is 0. The van der Waals surface area contributed by atoms with Gasteiger partial charge in [0.2, 0.25) is 5.88 Å². The number of aromatic nitrogens is 2. The minimum absolute atomic E-state index is 0.0531. The van der Waals surface area contributed by atoms with Crippen molar-refractivity contribution in [1.29, 1.82) is 0 Å². The van der Waals surface area contributed by atoms with Crippen LogP contribution in [-0.2, 0) is 5.41 Å². The monoisotopic (exact) mass is 296 g/mol. The van der Waals surface area contributed by atoms with E-state index in [1.165, 1.54) is 12.8 Å². The van der Waals surface area contributed by atoms with Gasteiger partial charge in [0.05, 0.1) is 12.3 Å². The Hall–Kier alpha value is -1.90. The van der Waals surface area contributed by atoms with Gasteiger partial charge in [0.1, 0.15) is 5.82 Å². The smallest absolute Gasteiger partial charge is 0.217 e. The Balaban J connectivity index is 1.96. The van der Waals surface area contributed by atoms with Gasteiger partial charge in [-0.25, -0.2) is 4.98 Å². The molecule has 0 atom stereocenters. The Bertz CT molecular complexity index is 633. The van der Waals surface area contributed by atoms with Crippen molar-refractivity contribution in [2.75, 3.05) is 6.61 Å². The van der Waals surface area contributed by atoms with Crippen LogP contribution >= 0.6 is 0 Å². The molecule has 0 radical (unpaired) electrons. The topological polar surface area (TPSA) is 35.0 Å². The first-order valence-electron chi connectivity index (χ1n) is 8.16. The highest BCUT2D eigenvalue weighted by Crippen LogP contribution is 2.31. The van der Waals surface area contributed by atoms with Crippen molar-refractivity contribution in [3.63, 3.8) is 0 Å². The van der Waals surface area contributed by atoms with E-state index in [9.17, 15) is 0 Å². The maximum Gasteiger partial charge on any atom is 0.217 e. The molecule has 1 aromatic heterocycles. The summed E-state index contributed by atoms with van der Waals surface area (Å²) in [6.07, 6.45) is 3.56. The lowest BCUT2D eigenvalue weighted by Gasteiger charge is -2.22. The number of rotatable bonds is 6. The Morgan fingerprint density at radius 3 is 2.50 bits per heavy atom. The average molecular weight is 296 g/mol. The quantitative estimate of drug-likeness (QED) is 0.780. The first-order chi connectivity index (χ1) is 10.6. The van der Waals surface area contributed by atoms with Gasteiger partial charge in [0.15, 0.2) is 0 Å². The molecule has 0 saturated heterocycles. The molecule has 0 spiro atoms. The Morgan fingerprint density at radius 2 is 1.86 bits per heavy atom. The molecule has 1 aromatic carbocycles. The second-order valence-electron chi connectivity index (χ2n) is 6.77. The third-order valence-electron chi connectivity index (χ3n) is 4.43. The lowest BCUT2D eigenvalue weighted by molar-refractivity contribution is 0.284. The van der Waals surface area contributed by atoms with Gasteiger partial charge in [-0.2, -0.15) is 4.98 Å². The largest absolute Gasteiger partial charge is 0.477 e. The van der Waals surface area contributed by atoms with Crippen LogP contribution in [0.5, 0.6) is 5.88 Å². The van der Waals surface area contributed by atoms with Crippen molar-refractivity contribution >= 4 is 0 Å². The van der Waals surface area contributed by atoms with Crippen LogP contribution in [0.4, 0.5) is 0 Å². The molecule has 0 N–H and O–H groups in total. The zero-order valence-electron chi connectivity index (χ0n) is 13.7. The minimum Gasteiger partial charge on any atom is -0.477 e. The van der Waals surface area contributed by atoms with Crippen LogP contribution in [0.3, 0.4) is 0 Å². The molecular formula is C19H24N2O. The van der Waals surface area contributed by atoms with E-state index < -0.39 is 0 Å². The predicted octanol–water partition coefficient (Wildman–Crippen LogP) is 4.62. The third kappa shape index (κ3) is 3.46. The van der Waals surface area contributed by atoms with E-state index in [1.54, 1.807) is 0 Å². The standard InChI is InChI=1S/C19H24N2O/c1-4-19(2,3)18-20-16(15-8-6-5-7-9-15)12-17(21-18)22-13-14-10-11-14/h5-9,12,14H,4,10-11,13H2,1-3H3. The first kappa shape index (κ1) is 15.0. The van der Waals surface area contributed by atoms with Gasteiger partial charge in [-0.1, -0.05) is 51.1 Å². The van der Waals surface area contributed by atoms with E-state index in [0.29, 0.717) is 5.88 Å². The van der Waals surface area contributed by atoms with E-state index >= 15 is 0 Å². The summed E-state index contributed by atoms with van der Waals surface area (Å²) in [5.41, 5.74) is 2.00. The van der Waals surface area contributed by atoms with Gasteiger partial charge >= 0.3 is 0 Å². The van der Waals surface area contributed by atoms with E-state index in [-0.39, 0.29) is 5.41 Å². The molecule has 0 aliphatic heterocycles. The summed E-state index contributed by atoms with van der Waals surface area (Å²) in [5, 5.41) is 0. The molecule has 0 bridgehead atoms. The molecule has 2 aromatic rings. The molecular weight excluding hydrogens is 272 g/mol. The minimum atomic E-state index is -0.0531. The molecule has 0 unspecified atom stereocenters. The van der Waals surface area contributed by atoms with E-state index in [1.807, 2.05) is 24.3 Å². The molecule has 1 saturated carbocycles. The second-order valence-corrected chi connectivity index (χ2v) is 6.77. The number of hydrogen-bond acceptors (Lipinski definition) is 3. The molecule has 1 aliphatic rings. The van der Waals surface area contributed by atoms with Crippen LogP contribution in [0.15, 0.2) is 36.4 Å². The van der Waals surface area contributed by atoms with Crippen molar-refractivity contribution in [2.24, 2.45) is 5.92 Å². The molecule has 1 fully saturated rings. The molecule has 3 rings (SSSR count). The normalized spacial score (nSPS) is 14.9. The summed E-state index contributed by atoms with van der Waals surface area (Å²) < 4.78 is 5.92. The van der Waals surface area contributed by atoms with E-state index in [0.717, 1.165) is 36.0 Å². The highest BCUT2D eigenvalue weighted by atomic mass is 16.5. The predicted molar refractivity (Wildman–Crippen MR) is 89.0 cm³/mol. The molecule has 116 valence electrons. The fraction of sp³-hybridized carbons (Fsp3) is 0.474. The number of ether oxygens (including phenoxy) is 1. The fourth-order valence-electron chi connectivity index (χ4n) is 2.20. The fourth-order valence-corrected chi connectivity index (χ4v) is 2.20. The molecule has 3 heteroatoms. The maximum absolute atomic E-state index is 5.92.